The van der Waals surface area contributed by atoms with E-state index in [-0.39, 0.29) is 0 Å². The third kappa shape index (κ3) is 2.70. The van der Waals surface area contributed by atoms with Gasteiger partial charge in [-0.1, -0.05) is 29.8 Å². The molecule has 0 unspecified atom stereocenters. The summed E-state index contributed by atoms with van der Waals surface area (Å²) in [6.07, 6.45) is 0. The van der Waals surface area contributed by atoms with E-state index in [0.717, 1.165) is 6.54 Å². The van der Waals surface area contributed by atoms with E-state index < -0.39 is 0 Å². The minimum absolute atomic E-state index is 0.761. The van der Waals surface area contributed by atoms with E-state index >= 15 is 0 Å². The first-order chi connectivity index (χ1) is 5.33. The molecular formula is C9H13NO. The van der Waals surface area contributed by atoms with Gasteiger partial charge in [-0.3, -0.25) is 0 Å². The molecule has 1 aromatic rings. The summed E-state index contributed by atoms with van der Waals surface area (Å²) in [7, 11) is 1.62. The highest BCUT2D eigenvalue weighted by atomic mass is 16.6. The van der Waals surface area contributed by atoms with Crippen molar-refractivity contribution in [3.8, 4) is 0 Å². The van der Waals surface area contributed by atoms with Crippen LogP contribution in [0.2, 0.25) is 0 Å². The number of nitrogens with one attached hydrogen (secondary N) is 1. The number of benzene rings is 1. The Hall–Kier alpha value is -0.860. The second-order valence-electron chi connectivity index (χ2n) is 2.51. The molecule has 0 spiro atoms. The lowest BCUT2D eigenvalue weighted by molar-refractivity contribution is 0.0867. The Bertz CT molecular complexity index is 205. The van der Waals surface area contributed by atoms with Gasteiger partial charge in [0.1, 0.15) is 0 Å². The van der Waals surface area contributed by atoms with E-state index in [4.69, 9.17) is 4.84 Å². The Morgan fingerprint density at radius 1 is 1.27 bits per heavy atom. The number of rotatable bonds is 3. The van der Waals surface area contributed by atoms with Gasteiger partial charge in [0.15, 0.2) is 0 Å². The maximum absolute atomic E-state index is 4.73. The standard InChI is InChI=1S/C9H13NO/c1-8-3-5-9(6-4-8)7-10-11-2/h3-6,10H,7H2,1-2H3. The maximum Gasteiger partial charge on any atom is 0.0572 e. The molecule has 0 radical (unpaired) electrons. The van der Waals surface area contributed by atoms with Crippen LogP contribution in [0, 0.1) is 6.92 Å². The largest absolute Gasteiger partial charge is 0.305 e. The summed E-state index contributed by atoms with van der Waals surface area (Å²) in [6.45, 7) is 2.84. The lowest BCUT2D eigenvalue weighted by Crippen LogP contribution is -2.10. The molecule has 0 heterocycles. The fourth-order valence-corrected chi connectivity index (χ4v) is 0.861. The molecule has 0 bridgehead atoms. The van der Waals surface area contributed by atoms with Crippen molar-refractivity contribution >= 4 is 0 Å². The van der Waals surface area contributed by atoms with Crippen LogP contribution in [0.3, 0.4) is 0 Å². The van der Waals surface area contributed by atoms with Crippen LogP contribution in [0.4, 0.5) is 0 Å². The van der Waals surface area contributed by atoms with Crippen molar-refractivity contribution in [3.63, 3.8) is 0 Å². The van der Waals surface area contributed by atoms with Crippen molar-refractivity contribution in [3.05, 3.63) is 35.4 Å². The minimum Gasteiger partial charge on any atom is -0.305 e. The van der Waals surface area contributed by atoms with Crippen LogP contribution in [-0.2, 0) is 11.4 Å². The second-order valence-corrected chi connectivity index (χ2v) is 2.51. The molecule has 0 aliphatic rings. The van der Waals surface area contributed by atoms with Crippen LogP contribution in [0.1, 0.15) is 11.1 Å². The number of hydrogen-bond acceptors (Lipinski definition) is 2. The van der Waals surface area contributed by atoms with Crippen LogP contribution in [0.15, 0.2) is 24.3 Å². The first-order valence-electron chi connectivity index (χ1n) is 3.64. The third-order valence-corrected chi connectivity index (χ3v) is 1.54. The molecule has 0 atom stereocenters. The lowest BCUT2D eigenvalue weighted by Gasteiger charge is -2.01. The Morgan fingerprint density at radius 3 is 2.45 bits per heavy atom. The molecule has 0 aliphatic carbocycles. The Labute approximate surface area is 67.1 Å². The van der Waals surface area contributed by atoms with Crippen molar-refractivity contribution in [2.24, 2.45) is 0 Å². The molecule has 1 rings (SSSR count). The van der Waals surface area contributed by atoms with Crippen LogP contribution >= 0.6 is 0 Å². The molecule has 2 nitrogen and oxygen atoms in total. The molecule has 0 saturated heterocycles. The monoisotopic (exact) mass is 151 g/mol. The normalized spacial score (nSPS) is 10.0. The fourth-order valence-electron chi connectivity index (χ4n) is 0.861. The number of aryl methyl sites for hydroxylation is 1. The lowest BCUT2D eigenvalue weighted by atomic mass is 10.2. The van der Waals surface area contributed by atoms with Crippen molar-refractivity contribution in [1.82, 2.24) is 5.48 Å². The highest BCUT2D eigenvalue weighted by molar-refractivity contribution is 5.20. The first-order valence-corrected chi connectivity index (χ1v) is 3.64. The fraction of sp³-hybridized carbons (Fsp3) is 0.333. The molecule has 11 heavy (non-hydrogen) atoms. The van der Waals surface area contributed by atoms with Gasteiger partial charge in [-0.15, -0.1) is 0 Å². The highest BCUT2D eigenvalue weighted by Crippen LogP contribution is 2.01. The number of hydroxylamine groups is 1. The predicted octanol–water partition coefficient (Wildman–Crippen LogP) is 1.65. The van der Waals surface area contributed by atoms with Gasteiger partial charge in [-0.2, -0.15) is 5.48 Å². The average Bonchev–Trinajstić information content (AvgIpc) is 2.04. The molecule has 60 valence electrons. The van der Waals surface area contributed by atoms with E-state index in [9.17, 15) is 0 Å². The zero-order valence-electron chi connectivity index (χ0n) is 6.92. The summed E-state index contributed by atoms with van der Waals surface area (Å²) in [5, 5.41) is 0. The van der Waals surface area contributed by atoms with Gasteiger partial charge in [-0.25, -0.2) is 0 Å². The minimum atomic E-state index is 0.761. The smallest absolute Gasteiger partial charge is 0.0572 e. The van der Waals surface area contributed by atoms with Gasteiger partial charge in [0.25, 0.3) is 0 Å². The third-order valence-electron chi connectivity index (χ3n) is 1.54. The quantitative estimate of drug-likeness (QED) is 0.663. The van der Waals surface area contributed by atoms with Crippen molar-refractivity contribution in [1.29, 1.82) is 0 Å². The van der Waals surface area contributed by atoms with Crippen LogP contribution in [0.5, 0.6) is 0 Å². The van der Waals surface area contributed by atoms with Crippen LogP contribution in [0.25, 0.3) is 0 Å². The predicted molar refractivity (Wildman–Crippen MR) is 45.0 cm³/mol. The summed E-state index contributed by atoms with van der Waals surface area (Å²) in [4.78, 5) is 4.73. The molecule has 2 heteroatoms. The van der Waals surface area contributed by atoms with Gasteiger partial charge in [0.2, 0.25) is 0 Å². The second kappa shape index (κ2) is 4.11. The first kappa shape index (κ1) is 8.24. The summed E-state index contributed by atoms with van der Waals surface area (Å²) in [5.74, 6) is 0. The topological polar surface area (TPSA) is 21.3 Å². The summed E-state index contributed by atoms with van der Waals surface area (Å²) in [5.41, 5.74) is 5.30. The van der Waals surface area contributed by atoms with E-state index in [0.29, 0.717) is 0 Å². The molecular weight excluding hydrogens is 138 g/mol. The van der Waals surface area contributed by atoms with Gasteiger partial charge >= 0.3 is 0 Å². The highest BCUT2D eigenvalue weighted by Gasteiger charge is 1.89. The van der Waals surface area contributed by atoms with Crippen molar-refractivity contribution in [2.75, 3.05) is 7.11 Å². The molecule has 0 amide bonds. The van der Waals surface area contributed by atoms with Gasteiger partial charge in [0.05, 0.1) is 7.11 Å². The van der Waals surface area contributed by atoms with Crippen molar-refractivity contribution < 1.29 is 4.84 Å². The van der Waals surface area contributed by atoms with E-state index in [1.807, 2.05) is 0 Å². The summed E-state index contributed by atoms with van der Waals surface area (Å²) >= 11 is 0. The number of hydrogen-bond donors (Lipinski definition) is 1. The Morgan fingerprint density at radius 2 is 1.91 bits per heavy atom. The van der Waals surface area contributed by atoms with E-state index in [1.54, 1.807) is 7.11 Å². The molecule has 0 aliphatic heterocycles. The molecule has 0 saturated carbocycles. The van der Waals surface area contributed by atoms with Gasteiger partial charge in [0, 0.05) is 6.54 Å². The van der Waals surface area contributed by atoms with Crippen LogP contribution < -0.4 is 5.48 Å². The zero-order chi connectivity index (χ0) is 8.10. The summed E-state index contributed by atoms with van der Waals surface area (Å²) < 4.78 is 0. The molecule has 1 N–H and O–H groups in total. The van der Waals surface area contributed by atoms with E-state index in [2.05, 4.69) is 36.7 Å². The SMILES string of the molecule is CONCc1ccc(C)cc1. The average molecular weight is 151 g/mol. The molecule has 1 aromatic carbocycles. The maximum atomic E-state index is 4.73. The Kier molecular flexibility index (Phi) is 3.08. The van der Waals surface area contributed by atoms with E-state index in [1.165, 1.54) is 11.1 Å². The Balaban J connectivity index is 2.52. The molecule has 0 aromatic heterocycles. The van der Waals surface area contributed by atoms with Crippen molar-refractivity contribution in [2.45, 2.75) is 13.5 Å². The molecule has 0 fully saturated rings. The van der Waals surface area contributed by atoms with Gasteiger partial charge < -0.3 is 4.84 Å². The summed E-state index contributed by atoms with van der Waals surface area (Å²) in [6, 6.07) is 8.35. The zero-order valence-corrected chi connectivity index (χ0v) is 6.92. The van der Waals surface area contributed by atoms with Crippen LogP contribution in [-0.4, -0.2) is 7.11 Å². The van der Waals surface area contributed by atoms with Gasteiger partial charge in [-0.05, 0) is 12.5 Å².